The van der Waals surface area contributed by atoms with Crippen LogP contribution in [0.1, 0.15) is 44.2 Å². The normalized spacial score (nSPS) is 19.0. The van der Waals surface area contributed by atoms with Crippen LogP contribution in [-0.4, -0.2) is 49.7 Å². The van der Waals surface area contributed by atoms with Gasteiger partial charge in [-0.15, -0.1) is 0 Å². The number of amides is 1. The van der Waals surface area contributed by atoms with Gasteiger partial charge in [-0.1, -0.05) is 6.07 Å². The highest BCUT2D eigenvalue weighted by Gasteiger charge is 2.34. The zero-order valence-electron chi connectivity index (χ0n) is 16.7. The predicted molar refractivity (Wildman–Crippen MR) is 107 cm³/mol. The molecule has 1 aliphatic heterocycles. The topological polar surface area (TPSA) is 81.5 Å². The van der Waals surface area contributed by atoms with E-state index in [4.69, 9.17) is 5.26 Å². The van der Waals surface area contributed by atoms with Crippen molar-refractivity contribution in [2.75, 3.05) is 26.2 Å². The molecule has 0 N–H and O–H groups in total. The van der Waals surface area contributed by atoms with Gasteiger partial charge < -0.3 is 4.90 Å². The molecule has 0 saturated carbocycles. The molecule has 28 heavy (non-hydrogen) atoms. The molecule has 0 bridgehead atoms. The molecule has 1 saturated heterocycles. The van der Waals surface area contributed by atoms with E-state index >= 15 is 0 Å². The Morgan fingerprint density at radius 3 is 2.61 bits per heavy atom. The van der Waals surface area contributed by atoms with Crippen molar-refractivity contribution < 1.29 is 13.2 Å². The monoisotopic (exact) mass is 403 g/mol. The summed E-state index contributed by atoms with van der Waals surface area (Å²) in [6, 6.07) is 7.67. The second-order valence-electron chi connectivity index (χ2n) is 7.87. The van der Waals surface area contributed by atoms with Crippen LogP contribution in [0.2, 0.25) is 0 Å². The lowest BCUT2D eigenvalue weighted by atomic mass is 9.96. The van der Waals surface area contributed by atoms with E-state index in [1.807, 2.05) is 26.0 Å². The second-order valence-corrected chi connectivity index (χ2v) is 9.81. The molecule has 0 aromatic heterocycles. The predicted octanol–water partition coefficient (Wildman–Crippen LogP) is 2.58. The highest BCUT2D eigenvalue weighted by Crippen LogP contribution is 2.29. The molecule has 6 nitrogen and oxygen atoms in total. The lowest BCUT2D eigenvalue weighted by Crippen LogP contribution is -2.45. The van der Waals surface area contributed by atoms with E-state index in [0.717, 1.165) is 24.8 Å². The van der Waals surface area contributed by atoms with Crippen LogP contribution in [0.15, 0.2) is 23.1 Å². The van der Waals surface area contributed by atoms with Crippen LogP contribution < -0.4 is 0 Å². The van der Waals surface area contributed by atoms with Crippen LogP contribution in [0.4, 0.5) is 0 Å². The van der Waals surface area contributed by atoms with E-state index in [1.54, 1.807) is 11.0 Å². The van der Waals surface area contributed by atoms with Crippen molar-refractivity contribution in [1.82, 2.24) is 9.21 Å². The van der Waals surface area contributed by atoms with Crippen molar-refractivity contribution in [2.24, 2.45) is 11.8 Å². The minimum Gasteiger partial charge on any atom is -0.341 e. The maximum Gasteiger partial charge on any atom is 0.243 e. The minimum absolute atomic E-state index is 0.0409. The van der Waals surface area contributed by atoms with Crippen LogP contribution in [0.3, 0.4) is 0 Å². The Hall–Kier alpha value is -1.91. The van der Waals surface area contributed by atoms with Crippen LogP contribution in [-0.2, 0) is 27.7 Å². The molecule has 1 aliphatic carbocycles. The molecule has 1 atom stereocenters. The van der Waals surface area contributed by atoms with Gasteiger partial charge in [0.2, 0.25) is 15.9 Å². The van der Waals surface area contributed by atoms with Gasteiger partial charge in [0.25, 0.3) is 0 Å². The standard InChI is InChI=1S/C21H29N3O3S/c1-3-23(15-16(2)14-22)21(25)18-9-11-24(12-10-18)28(26,27)20-8-7-17-5-4-6-19(17)13-20/h7-8,13,16,18H,3-6,9-12,15H2,1-2H3/t16-/m1/s1. The Morgan fingerprint density at radius 1 is 1.29 bits per heavy atom. The third kappa shape index (κ3) is 4.23. The average Bonchev–Trinajstić information content (AvgIpc) is 3.19. The molecule has 1 amide bonds. The van der Waals surface area contributed by atoms with Gasteiger partial charge in [-0.2, -0.15) is 9.57 Å². The van der Waals surface area contributed by atoms with Gasteiger partial charge in [0.15, 0.2) is 0 Å². The fraction of sp³-hybridized carbons (Fsp3) is 0.619. The largest absolute Gasteiger partial charge is 0.341 e. The smallest absolute Gasteiger partial charge is 0.243 e. The number of nitriles is 1. The van der Waals surface area contributed by atoms with Crippen LogP contribution in [0, 0.1) is 23.2 Å². The van der Waals surface area contributed by atoms with Gasteiger partial charge in [-0.05, 0) is 69.2 Å². The number of benzene rings is 1. The molecule has 3 rings (SSSR count). The van der Waals surface area contributed by atoms with Gasteiger partial charge in [-0.25, -0.2) is 8.42 Å². The molecule has 0 spiro atoms. The number of piperidine rings is 1. The number of aryl methyl sites for hydroxylation is 2. The Balaban J connectivity index is 1.64. The summed E-state index contributed by atoms with van der Waals surface area (Å²) >= 11 is 0. The number of hydrogen-bond donors (Lipinski definition) is 0. The molecule has 7 heteroatoms. The Morgan fingerprint density at radius 2 is 1.96 bits per heavy atom. The van der Waals surface area contributed by atoms with E-state index in [2.05, 4.69) is 6.07 Å². The summed E-state index contributed by atoms with van der Waals surface area (Å²) in [6.45, 7) is 5.44. The first kappa shape index (κ1) is 20.8. The summed E-state index contributed by atoms with van der Waals surface area (Å²) in [5.74, 6) is -0.333. The van der Waals surface area contributed by atoms with Crippen LogP contribution in [0.5, 0.6) is 0 Å². The number of carbonyl (C=O) groups is 1. The van der Waals surface area contributed by atoms with Gasteiger partial charge in [0.1, 0.15) is 0 Å². The summed E-state index contributed by atoms with van der Waals surface area (Å²) in [7, 11) is -3.52. The number of carbonyl (C=O) groups excluding carboxylic acids is 1. The fourth-order valence-electron chi connectivity index (χ4n) is 4.21. The molecule has 1 fully saturated rings. The van der Waals surface area contributed by atoms with Crippen molar-refractivity contribution in [3.63, 3.8) is 0 Å². The SMILES string of the molecule is CCN(C[C@H](C)C#N)C(=O)C1CCN(S(=O)(=O)c2ccc3c(c2)CCC3)CC1. The molecule has 2 aliphatic rings. The highest BCUT2D eigenvalue weighted by molar-refractivity contribution is 7.89. The molecule has 0 radical (unpaired) electrons. The quantitative estimate of drug-likeness (QED) is 0.731. The number of hydrogen-bond acceptors (Lipinski definition) is 4. The number of fused-ring (bicyclic) bond motifs is 1. The van der Waals surface area contributed by atoms with E-state index < -0.39 is 10.0 Å². The number of nitrogens with zero attached hydrogens (tertiary/aromatic N) is 3. The number of sulfonamides is 1. The summed E-state index contributed by atoms with van der Waals surface area (Å²) < 4.78 is 27.6. The Labute approximate surface area is 168 Å². The lowest BCUT2D eigenvalue weighted by Gasteiger charge is -2.33. The summed E-state index contributed by atoms with van der Waals surface area (Å²) in [6.07, 6.45) is 4.12. The maximum absolute atomic E-state index is 13.0. The Kier molecular flexibility index (Phi) is 6.41. The molecular weight excluding hydrogens is 374 g/mol. The van der Waals surface area contributed by atoms with E-state index in [1.165, 1.54) is 9.87 Å². The third-order valence-corrected chi connectivity index (χ3v) is 7.81. The van der Waals surface area contributed by atoms with Gasteiger partial charge in [0, 0.05) is 32.1 Å². The molecule has 1 heterocycles. The number of rotatable bonds is 6. The third-order valence-electron chi connectivity index (χ3n) is 5.92. The first-order valence-electron chi connectivity index (χ1n) is 10.2. The second kappa shape index (κ2) is 8.62. The van der Waals surface area contributed by atoms with Crippen LogP contribution >= 0.6 is 0 Å². The van der Waals surface area contributed by atoms with Crippen molar-refractivity contribution in [3.8, 4) is 6.07 Å². The van der Waals surface area contributed by atoms with Crippen molar-refractivity contribution in [3.05, 3.63) is 29.3 Å². The summed E-state index contributed by atoms with van der Waals surface area (Å²) in [5, 5.41) is 9.00. The van der Waals surface area contributed by atoms with Crippen molar-refractivity contribution in [2.45, 2.75) is 50.8 Å². The van der Waals surface area contributed by atoms with Crippen molar-refractivity contribution >= 4 is 15.9 Å². The van der Waals surface area contributed by atoms with E-state index in [0.29, 0.717) is 43.9 Å². The summed E-state index contributed by atoms with van der Waals surface area (Å²) in [5.41, 5.74) is 2.41. The van der Waals surface area contributed by atoms with E-state index in [-0.39, 0.29) is 17.7 Å². The maximum atomic E-state index is 13.0. The minimum atomic E-state index is -3.52. The molecule has 0 unspecified atom stereocenters. The zero-order valence-corrected chi connectivity index (χ0v) is 17.5. The Bertz CT molecular complexity index is 867. The highest BCUT2D eigenvalue weighted by atomic mass is 32.2. The van der Waals surface area contributed by atoms with Gasteiger partial charge >= 0.3 is 0 Å². The molecular formula is C21H29N3O3S. The fourth-order valence-corrected chi connectivity index (χ4v) is 5.73. The first-order valence-corrected chi connectivity index (χ1v) is 11.6. The average molecular weight is 404 g/mol. The first-order chi connectivity index (χ1) is 13.4. The molecule has 1 aromatic rings. The van der Waals surface area contributed by atoms with Crippen LogP contribution in [0.25, 0.3) is 0 Å². The zero-order chi connectivity index (χ0) is 20.3. The van der Waals surface area contributed by atoms with Gasteiger partial charge in [-0.3, -0.25) is 4.79 Å². The molecule has 1 aromatic carbocycles. The molecule has 152 valence electrons. The van der Waals surface area contributed by atoms with Gasteiger partial charge in [0.05, 0.1) is 16.9 Å². The van der Waals surface area contributed by atoms with Crippen molar-refractivity contribution in [1.29, 1.82) is 5.26 Å². The summed E-state index contributed by atoms with van der Waals surface area (Å²) in [4.78, 5) is 14.9. The lowest BCUT2D eigenvalue weighted by molar-refractivity contribution is -0.136. The van der Waals surface area contributed by atoms with E-state index in [9.17, 15) is 13.2 Å².